The van der Waals surface area contributed by atoms with E-state index in [9.17, 15) is 4.79 Å². The topological polar surface area (TPSA) is 68.8 Å². The zero-order chi connectivity index (χ0) is 23.3. The lowest BCUT2D eigenvalue weighted by Crippen LogP contribution is -2.34. The van der Waals surface area contributed by atoms with E-state index in [1.54, 1.807) is 12.1 Å². The van der Waals surface area contributed by atoms with Crippen LogP contribution in [0, 0.1) is 0 Å². The van der Waals surface area contributed by atoms with Crippen molar-refractivity contribution in [2.45, 2.75) is 58.0 Å². The molecule has 6 nitrogen and oxygen atoms in total. The molecule has 1 fully saturated rings. The monoisotopic (exact) mass is 470 g/mol. The summed E-state index contributed by atoms with van der Waals surface area (Å²) in [5.41, 5.74) is 1.26. The number of benzene rings is 2. The zero-order valence-electron chi connectivity index (χ0n) is 19.3. The highest BCUT2D eigenvalue weighted by molar-refractivity contribution is 7.80. The van der Waals surface area contributed by atoms with Crippen molar-refractivity contribution < 1.29 is 19.0 Å². The fourth-order valence-electron chi connectivity index (χ4n) is 3.56. The van der Waals surface area contributed by atoms with Crippen molar-refractivity contribution in [3.63, 3.8) is 0 Å². The molecule has 2 aromatic rings. The smallest absolute Gasteiger partial charge is 0.257 e. The number of hydrogen-bond donors (Lipinski definition) is 2. The third-order valence-electron chi connectivity index (χ3n) is 5.41. The summed E-state index contributed by atoms with van der Waals surface area (Å²) in [5.74, 6) is 1.22. The van der Waals surface area contributed by atoms with Gasteiger partial charge in [-0.1, -0.05) is 38.7 Å². The van der Waals surface area contributed by atoms with Gasteiger partial charge in [-0.2, -0.15) is 0 Å². The van der Waals surface area contributed by atoms with E-state index in [1.165, 1.54) is 25.7 Å². The first-order chi connectivity index (χ1) is 16.1. The van der Waals surface area contributed by atoms with Gasteiger partial charge in [0.1, 0.15) is 18.1 Å². The van der Waals surface area contributed by atoms with Gasteiger partial charge in [-0.3, -0.25) is 10.1 Å². The molecule has 1 amide bonds. The maximum atomic E-state index is 12.5. The molecular weight excluding hydrogens is 436 g/mol. The molecule has 1 aliphatic heterocycles. The number of carbonyl (C=O) groups excluding carboxylic acids is 1. The van der Waals surface area contributed by atoms with Crippen LogP contribution in [0.2, 0.25) is 0 Å². The number of anilines is 1. The number of carbonyl (C=O) groups is 1. The Morgan fingerprint density at radius 3 is 2.64 bits per heavy atom. The van der Waals surface area contributed by atoms with Gasteiger partial charge in [0, 0.05) is 23.9 Å². The molecule has 178 valence electrons. The van der Waals surface area contributed by atoms with E-state index >= 15 is 0 Å². The van der Waals surface area contributed by atoms with Crippen LogP contribution in [-0.2, 0) is 4.74 Å². The van der Waals surface area contributed by atoms with Crippen LogP contribution >= 0.6 is 12.2 Å². The van der Waals surface area contributed by atoms with Crippen LogP contribution in [0.3, 0.4) is 0 Å². The minimum absolute atomic E-state index is 0.157. The van der Waals surface area contributed by atoms with Gasteiger partial charge >= 0.3 is 0 Å². The van der Waals surface area contributed by atoms with Crippen LogP contribution in [0.4, 0.5) is 5.69 Å². The predicted octanol–water partition coefficient (Wildman–Crippen LogP) is 5.72. The maximum Gasteiger partial charge on any atom is 0.257 e. The molecular formula is C26H34N2O4S. The van der Waals surface area contributed by atoms with Gasteiger partial charge in [0.05, 0.1) is 12.7 Å². The molecule has 0 radical (unpaired) electrons. The SMILES string of the molecule is CCCCCCCOc1ccc(C(=O)NC(=S)Nc2cccc(OCC3CCCO3)c2)cc1. The number of nitrogens with one attached hydrogen (secondary N) is 2. The summed E-state index contributed by atoms with van der Waals surface area (Å²) in [6.45, 7) is 4.24. The molecule has 0 saturated carbocycles. The second-order valence-electron chi connectivity index (χ2n) is 8.17. The van der Waals surface area contributed by atoms with Crippen LogP contribution in [0.1, 0.15) is 62.2 Å². The van der Waals surface area contributed by atoms with Crippen LogP contribution in [0.15, 0.2) is 48.5 Å². The lowest BCUT2D eigenvalue weighted by molar-refractivity contribution is 0.0680. The molecule has 1 aliphatic rings. The van der Waals surface area contributed by atoms with Crippen molar-refractivity contribution in [1.82, 2.24) is 5.32 Å². The number of rotatable bonds is 12. The number of thiocarbonyl (C=S) groups is 1. The Morgan fingerprint density at radius 1 is 1.06 bits per heavy atom. The second kappa shape index (κ2) is 13.8. The first kappa shape index (κ1) is 25.0. The molecule has 3 rings (SSSR count). The van der Waals surface area contributed by atoms with Gasteiger partial charge in [0.25, 0.3) is 5.91 Å². The molecule has 1 atom stereocenters. The number of amides is 1. The Hall–Kier alpha value is -2.64. The van der Waals surface area contributed by atoms with Crippen molar-refractivity contribution in [3.8, 4) is 11.5 Å². The van der Waals surface area contributed by atoms with Crippen molar-refractivity contribution in [2.75, 3.05) is 25.1 Å². The summed E-state index contributed by atoms with van der Waals surface area (Å²) in [4.78, 5) is 12.5. The van der Waals surface area contributed by atoms with Gasteiger partial charge in [-0.05, 0) is 67.9 Å². The van der Waals surface area contributed by atoms with Gasteiger partial charge in [0.15, 0.2) is 5.11 Å². The number of unbranched alkanes of at least 4 members (excludes halogenated alkanes) is 4. The van der Waals surface area contributed by atoms with E-state index in [0.717, 1.165) is 43.1 Å². The van der Waals surface area contributed by atoms with Gasteiger partial charge < -0.3 is 19.5 Å². The fraction of sp³-hybridized carbons (Fsp3) is 0.462. The van der Waals surface area contributed by atoms with Crippen LogP contribution in [0.25, 0.3) is 0 Å². The Labute approximate surface area is 202 Å². The van der Waals surface area contributed by atoms with Crippen molar-refractivity contribution >= 4 is 28.9 Å². The minimum Gasteiger partial charge on any atom is -0.494 e. The highest BCUT2D eigenvalue weighted by Crippen LogP contribution is 2.20. The lowest BCUT2D eigenvalue weighted by Gasteiger charge is -2.13. The molecule has 0 bridgehead atoms. The third kappa shape index (κ3) is 9.02. The van der Waals surface area contributed by atoms with Gasteiger partial charge in [-0.25, -0.2) is 0 Å². The molecule has 2 N–H and O–H groups in total. The molecule has 7 heteroatoms. The number of ether oxygens (including phenoxy) is 3. The van der Waals surface area contributed by atoms with Crippen LogP contribution in [-0.4, -0.2) is 36.9 Å². The first-order valence-corrected chi connectivity index (χ1v) is 12.2. The fourth-order valence-corrected chi connectivity index (χ4v) is 3.77. The normalized spacial score (nSPS) is 15.1. The highest BCUT2D eigenvalue weighted by atomic mass is 32.1. The maximum absolute atomic E-state index is 12.5. The van der Waals surface area contributed by atoms with Crippen molar-refractivity contribution in [2.24, 2.45) is 0 Å². The summed E-state index contributed by atoms with van der Waals surface area (Å²) in [6.07, 6.45) is 8.25. The summed E-state index contributed by atoms with van der Waals surface area (Å²) in [7, 11) is 0. The average Bonchev–Trinajstić information content (AvgIpc) is 3.34. The summed E-state index contributed by atoms with van der Waals surface area (Å²) >= 11 is 5.31. The molecule has 1 unspecified atom stereocenters. The van der Waals surface area contributed by atoms with E-state index in [4.69, 9.17) is 26.4 Å². The standard InChI is InChI=1S/C26H34N2O4S/c1-2-3-4-5-6-16-30-22-14-12-20(13-15-22)25(29)28-26(33)27-21-9-7-10-23(18-21)32-19-24-11-8-17-31-24/h7,9-10,12-15,18,24H,2-6,8,11,16-17,19H2,1H3,(H2,27,28,29,33). The first-order valence-electron chi connectivity index (χ1n) is 11.8. The van der Waals surface area contributed by atoms with Crippen molar-refractivity contribution in [3.05, 3.63) is 54.1 Å². The zero-order valence-corrected chi connectivity index (χ0v) is 20.1. The van der Waals surface area contributed by atoms with Gasteiger partial charge in [-0.15, -0.1) is 0 Å². The molecule has 2 aromatic carbocycles. The molecule has 0 aromatic heterocycles. The van der Waals surface area contributed by atoms with E-state index in [0.29, 0.717) is 18.8 Å². The van der Waals surface area contributed by atoms with Crippen LogP contribution < -0.4 is 20.1 Å². The molecule has 1 saturated heterocycles. The average molecular weight is 471 g/mol. The largest absolute Gasteiger partial charge is 0.494 e. The Balaban J connectivity index is 1.40. The Bertz CT molecular complexity index is 882. The predicted molar refractivity (Wildman–Crippen MR) is 135 cm³/mol. The third-order valence-corrected chi connectivity index (χ3v) is 5.62. The lowest BCUT2D eigenvalue weighted by atomic mass is 10.2. The summed E-state index contributed by atoms with van der Waals surface area (Å²) in [5, 5.41) is 5.97. The molecule has 33 heavy (non-hydrogen) atoms. The molecule has 0 aliphatic carbocycles. The van der Waals surface area contributed by atoms with E-state index in [1.807, 2.05) is 36.4 Å². The minimum atomic E-state index is -0.274. The van der Waals surface area contributed by atoms with Crippen molar-refractivity contribution in [1.29, 1.82) is 0 Å². The highest BCUT2D eigenvalue weighted by Gasteiger charge is 2.16. The van der Waals surface area contributed by atoms with E-state index in [-0.39, 0.29) is 17.1 Å². The Morgan fingerprint density at radius 2 is 1.88 bits per heavy atom. The number of hydrogen-bond acceptors (Lipinski definition) is 5. The summed E-state index contributed by atoms with van der Waals surface area (Å²) in [6, 6.07) is 14.6. The van der Waals surface area contributed by atoms with Crippen LogP contribution in [0.5, 0.6) is 11.5 Å². The molecule has 1 heterocycles. The second-order valence-corrected chi connectivity index (χ2v) is 8.58. The van der Waals surface area contributed by atoms with E-state index < -0.39 is 0 Å². The Kier molecular flexibility index (Phi) is 10.5. The summed E-state index contributed by atoms with van der Waals surface area (Å²) < 4.78 is 17.2. The van der Waals surface area contributed by atoms with Gasteiger partial charge in [0.2, 0.25) is 0 Å². The quantitative estimate of drug-likeness (QED) is 0.305. The molecule has 0 spiro atoms. The van der Waals surface area contributed by atoms with E-state index in [2.05, 4.69) is 17.6 Å².